The molecule has 1 aliphatic rings. The third-order valence-corrected chi connectivity index (χ3v) is 11.1. The zero-order valence-electron chi connectivity index (χ0n) is 24.6. The lowest BCUT2D eigenvalue weighted by atomic mass is 9.97. The van der Waals surface area contributed by atoms with Crippen LogP contribution in [0.15, 0.2) is 152 Å². The van der Waals surface area contributed by atoms with Gasteiger partial charge >= 0.3 is 0 Å². The smallest absolute Gasteiger partial charge is 0.164 e. The van der Waals surface area contributed by atoms with E-state index in [1.807, 2.05) is 85.5 Å². The summed E-state index contributed by atoms with van der Waals surface area (Å²) in [6.45, 7) is 1.90. The number of rotatable bonds is 5. The first kappa shape index (κ1) is 27.1. The van der Waals surface area contributed by atoms with E-state index in [0.29, 0.717) is 17.5 Å². The Morgan fingerprint density at radius 2 is 0.778 bits per heavy atom. The van der Waals surface area contributed by atoms with E-state index in [-0.39, 0.29) is 0 Å². The average molecular weight is 598 g/mol. The summed E-state index contributed by atoms with van der Waals surface area (Å²) < 4.78 is 14.1. The summed E-state index contributed by atoms with van der Waals surface area (Å²) in [7, 11) is -2.69. The van der Waals surface area contributed by atoms with Crippen LogP contribution in [0.5, 0.6) is 0 Å². The Morgan fingerprint density at radius 1 is 0.378 bits per heavy atom. The van der Waals surface area contributed by atoms with Gasteiger partial charge in [-0.25, -0.2) is 15.0 Å². The lowest BCUT2D eigenvalue weighted by molar-refractivity contribution is 0.591. The first-order valence-corrected chi connectivity index (χ1v) is 17.1. The van der Waals surface area contributed by atoms with Crippen LogP contribution in [-0.2, 0) is 4.57 Å². The molecule has 0 N–H and O–H groups in total. The van der Waals surface area contributed by atoms with Crippen molar-refractivity contribution < 1.29 is 4.57 Å². The van der Waals surface area contributed by atoms with E-state index < -0.39 is 7.14 Å². The minimum Gasteiger partial charge on any atom is -0.314 e. The second-order valence-electron chi connectivity index (χ2n) is 11.3. The van der Waals surface area contributed by atoms with Gasteiger partial charge in [0, 0.05) is 27.3 Å². The van der Waals surface area contributed by atoms with Crippen molar-refractivity contribution in [2.45, 2.75) is 0 Å². The molecule has 2 heterocycles. The second kappa shape index (κ2) is 10.9. The highest BCUT2D eigenvalue weighted by atomic mass is 31.2. The van der Waals surface area contributed by atoms with Gasteiger partial charge < -0.3 is 4.57 Å². The molecule has 1 aromatic heterocycles. The largest absolute Gasteiger partial charge is 0.314 e. The van der Waals surface area contributed by atoms with Crippen molar-refractivity contribution in [3.05, 3.63) is 152 Å². The first-order valence-electron chi connectivity index (χ1n) is 15.0. The number of hydrogen-bond acceptors (Lipinski definition) is 4. The van der Waals surface area contributed by atoms with Gasteiger partial charge in [-0.05, 0) is 40.0 Å². The van der Waals surface area contributed by atoms with Gasteiger partial charge in [-0.1, -0.05) is 152 Å². The number of nitrogens with zero attached hydrogens (tertiary/aromatic N) is 3. The van der Waals surface area contributed by atoms with E-state index in [2.05, 4.69) is 72.8 Å². The molecule has 1 aliphatic heterocycles. The predicted octanol–water partition coefficient (Wildman–Crippen LogP) is 9.13. The molecule has 0 fully saturated rings. The molecule has 0 bridgehead atoms. The average Bonchev–Trinajstić information content (AvgIpc) is 3.35. The zero-order valence-corrected chi connectivity index (χ0v) is 25.5. The van der Waals surface area contributed by atoms with Crippen LogP contribution in [0.3, 0.4) is 0 Å². The molecule has 4 nitrogen and oxygen atoms in total. The summed E-state index contributed by atoms with van der Waals surface area (Å²) in [5.74, 6) is 1.92. The molecule has 6 aromatic carbocycles. The fourth-order valence-corrected chi connectivity index (χ4v) is 8.82. The van der Waals surface area contributed by atoms with Crippen LogP contribution >= 0.6 is 7.14 Å². The molecule has 0 radical (unpaired) electrons. The molecule has 8 rings (SSSR count). The van der Waals surface area contributed by atoms with Gasteiger partial charge in [0.05, 0.1) is 0 Å². The monoisotopic (exact) mass is 597 g/mol. The highest BCUT2D eigenvalue weighted by Gasteiger charge is 2.36. The van der Waals surface area contributed by atoms with E-state index in [4.69, 9.17) is 15.0 Å². The highest BCUT2D eigenvalue weighted by molar-refractivity contribution is 7.79. The number of hydrogen-bond donors (Lipinski definition) is 0. The summed E-state index contributed by atoms with van der Waals surface area (Å²) in [5.41, 5.74) is 9.28. The number of fused-ring (bicyclic) bond motifs is 3. The third kappa shape index (κ3) is 4.81. The van der Waals surface area contributed by atoms with Crippen LogP contribution in [0.25, 0.3) is 67.5 Å². The Morgan fingerprint density at radius 3 is 1.33 bits per heavy atom. The maximum atomic E-state index is 14.1. The van der Waals surface area contributed by atoms with Gasteiger partial charge in [-0.3, -0.25) is 0 Å². The molecule has 1 unspecified atom stereocenters. The van der Waals surface area contributed by atoms with Crippen molar-refractivity contribution in [2.75, 3.05) is 6.66 Å². The topological polar surface area (TPSA) is 55.7 Å². The Balaban J connectivity index is 1.12. The molecule has 0 amide bonds. The fraction of sp³-hybridized carbons (Fsp3) is 0.0250. The van der Waals surface area contributed by atoms with E-state index >= 15 is 0 Å². The maximum Gasteiger partial charge on any atom is 0.164 e. The molecule has 7 aromatic rings. The second-order valence-corrected chi connectivity index (χ2v) is 14.1. The molecule has 45 heavy (non-hydrogen) atoms. The van der Waals surface area contributed by atoms with Gasteiger partial charge in [-0.15, -0.1) is 0 Å². The van der Waals surface area contributed by atoms with Crippen molar-refractivity contribution in [1.82, 2.24) is 15.0 Å². The Kier molecular flexibility index (Phi) is 6.59. The molecule has 0 spiro atoms. The van der Waals surface area contributed by atoms with Crippen LogP contribution in [0.4, 0.5) is 0 Å². The van der Waals surface area contributed by atoms with Gasteiger partial charge in [0.25, 0.3) is 0 Å². The van der Waals surface area contributed by atoms with E-state index in [1.54, 1.807) is 0 Å². The Bertz CT molecular complexity index is 2170. The standard InChI is InChI=1S/C40H28N3OP/c1-45(44)36-18-9-8-15-34(36)35-17-10-16-33(37(35)45)29-23-19-27(20-24-29)28-21-25-32(26-22-28)40-42-38(30-11-4-2-5-12-30)41-39(43-40)31-13-6-3-7-14-31/h2-26H,1H3. The van der Waals surface area contributed by atoms with Gasteiger partial charge in [0.15, 0.2) is 17.5 Å². The Hall–Kier alpha value is -5.44. The van der Waals surface area contributed by atoms with Crippen LogP contribution in [0, 0.1) is 0 Å². The minimum absolute atomic E-state index is 0.632. The Labute approximate surface area is 262 Å². The molecule has 0 saturated carbocycles. The summed E-state index contributed by atoms with van der Waals surface area (Å²) >= 11 is 0. The van der Waals surface area contributed by atoms with Gasteiger partial charge in [-0.2, -0.15) is 0 Å². The molecule has 0 saturated heterocycles. The van der Waals surface area contributed by atoms with Crippen LogP contribution in [-0.4, -0.2) is 21.6 Å². The number of aromatic nitrogens is 3. The molecular formula is C40H28N3OP. The summed E-state index contributed by atoms with van der Waals surface area (Å²) in [6, 6.07) is 51.2. The molecule has 0 aliphatic carbocycles. The first-order chi connectivity index (χ1) is 22.1. The van der Waals surface area contributed by atoms with Crippen molar-refractivity contribution >= 4 is 17.8 Å². The lowest BCUT2D eigenvalue weighted by Gasteiger charge is -2.14. The van der Waals surface area contributed by atoms with Crippen molar-refractivity contribution in [3.8, 4) is 67.5 Å². The molecular weight excluding hydrogens is 569 g/mol. The summed E-state index contributed by atoms with van der Waals surface area (Å²) in [5, 5.41) is 1.92. The SMILES string of the molecule is CP1(=O)c2ccccc2-c2cccc(-c3ccc(-c4ccc(-c5nc(-c6ccccc6)nc(-c6ccccc6)n5)cc4)cc3)c21. The van der Waals surface area contributed by atoms with Gasteiger partial charge in [0.1, 0.15) is 7.14 Å². The maximum absolute atomic E-state index is 14.1. The summed E-state index contributed by atoms with van der Waals surface area (Å²) in [6.07, 6.45) is 0. The van der Waals surface area contributed by atoms with Crippen LogP contribution in [0.2, 0.25) is 0 Å². The molecule has 214 valence electrons. The lowest BCUT2D eigenvalue weighted by Crippen LogP contribution is -2.11. The van der Waals surface area contributed by atoms with E-state index in [9.17, 15) is 4.57 Å². The van der Waals surface area contributed by atoms with E-state index in [1.165, 1.54) is 0 Å². The quantitative estimate of drug-likeness (QED) is 0.186. The van der Waals surface area contributed by atoms with Crippen molar-refractivity contribution in [3.63, 3.8) is 0 Å². The zero-order chi connectivity index (χ0) is 30.4. The highest BCUT2D eigenvalue weighted by Crippen LogP contribution is 2.52. The third-order valence-electron chi connectivity index (χ3n) is 8.49. The van der Waals surface area contributed by atoms with Crippen LogP contribution < -0.4 is 10.6 Å². The van der Waals surface area contributed by atoms with Gasteiger partial charge in [0.2, 0.25) is 0 Å². The van der Waals surface area contributed by atoms with Crippen LogP contribution in [0.1, 0.15) is 0 Å². The van der Waals surface area contributed by atoms with Crippen molar-refractivity contribution in [1.29, 1.82) is 0 Å². The fourth-order valence-electron chi connectivity index (χ4n) is 6.24. The van der Waals surface area contributed by atoms with E-state index in [0.717, 1.165) is 60.7 Å². The summed E-state index contributed by atoms with van der Waals surface area (Å²) in [4.78, 5) is 14.5. The number of benzene rings is 6. The molecule has 1 atom stereocenters. The minimum atomic E-state index is -2.69. The molecule has 5 heteroatoms. The normalized spacial score (nSPS) is 15.0. The predicted molar refractivity (Wildman–Crippen MR) is 185 cm³/mol. The van der Waals surface area contributed by atoms with Crippen molar-refractivity contribution in [2.24, 2.45) is 0 Å².